The van der Waals surface area contributed by atoms with Crippen LogP contribution in [-0.4, -0.2) is 0 Å². The van der Waals surface area contributed by atoms with E-state index < -0.39 is 0 Å². The maximum absolute atomic E-state index is 12.7. The molecule has 4 aromatic rings. The molecule has 0 aliphatic rings. The van der Waals surface area contributed by atoms with Crippen molar-refractivity contribution in [3.63, 3.8) is 0 Å². The van der Waals surface area contributed by atoms with Crippen LogP contribution < -0.4 is 5.43 Å². The van der Waals surface area contributed by atoms with Crippen LogP contribution in [0, 0.1) is 0 Å². The van der Waals surface area contributed by atoms with E-state index in [-0.39, 0.29) is 5.43 Å². The number of benzene rings is 3. The number of hydrogen-bond acceptors (Lipinski definition) is 3. The van der Waals surface area contributed by atoms with Crippen LogP contribution in [0.15, 0.2) is 80.8 Å². The van der Waals surface area contributed by atoms with Crippen LogP contribution in [0.4, 0.5) is 0 Å². The van der Waals surface area contributed by atoms with E-state index in [2.05, 4.69) is 12.6 Å². The maximum atomic E-state index is 12.7. The van der Waals surface area contributed by atoms with E-state index in [0.29, 0.717) is 21.9 Å². The fraction of sp³-hybridized carbons (Fsp3) is 0. The third-order valence-electron chi connectivity index (χ3n) is 3.78. The fourth-order valence-corrected chi connectivity index (χ4v) is 2.79. The molecule has 0 N–H and O–H groups in total. The summed E-state index contributed by atoms with van der Waals surface area (Å²) in [5.41, 5.74) is 3.27. The first-order chi connectivity index (χ1) is 10.7. The lowest BCUT2D eigenvalue weighted by molar-refractivity contribution is 0.660. The highest BCUT2D eigenvalue weighted by atomic mass is 32.1. The predicted molar refractivity (Wildman–Crippen MR) is 92.7 cm³/mol. The number of thiol groups is 1. The highest BCUT2D eigenvalue weighted by molar-refractivity contribution is 7.80. The molecule has 0 amide bonds. The summed E-state index contributed by atoms with van der Waals surface area (Å²) >= 11 is 4.29. The Bertz CT molecular complexity index is 1050. The number of para-hydroxylation sites is 1. The standard InChI is InChI=1S/C19H12O2S/c20-19-15-3-1-2-4-17(15)21-18-10-7-13(11-16(18)19)12-5-8-14(22)9-6-12/h1-11,22H. The third kappa shape index (κ3) is 2.11. The lowest BCUT2D eigenvalue weighted by Crippen LogP contribution is -2.01. The van der Waals surface area contributed by atoms with Crippen molar-refractivity contribution in [3.8, 4) is 11.1 Å². The summed E-state index contributed by atoms with van der Waals surface area (Å²) in [6.45, 7) is 0. The molecule has 4 rings (SSSR count). The summed E-state index contributed by atoms with van der Waals surface area (Å²) in [7, 11) is 0. The van der Waals surface area contributed by atoms with Crippen LogP contribution in [0.25, 0.3) is 33.1 Å². The van der Waals surface area contributed by atoms with E-state index >= 15 is 0 Å². The lowest BCUT2D eigenvalue weighted by Gasteiger charge is -2.05. The average Bonchev–Trinajstić information content (AvgIpc) is 2.56. The third-order valence-corrected chi connectivity index (χ3v) is 4.07. The van der Waals surface area contributed by atoms with E-state index in [1.807, 2.05) is 60.7 Å². The highest BCUT2D eigenvalue weighted by Gasteiger charge is 2.08. The number of rotatable bonds is 1. The van der Waals surface area contributed by atoms with Gasteiger partial charge in [-0.25, -0.2) is 0 Å². The molecule has 22 heavy (non-hydrogen) atoms. The summed E-state index contributed by atoms with van der Waals surface area (Å²) < 4.78 is 5.82. The zero-order chi connectivity index (χ0) is 15.1. The molecule has 106 valence electrons. The number of hydrogen-bond donors (Lipinski definition) is 1. The van der Waals surface area contributed by atoms with Crippen LogP contribution in [0.1, 0.15) is 0 Å². The minimum absolute atomic E-state index is 0.00418. The van der Waals surface area contributed by atoms with E-state index in [1.54, 1.807) is 6.07 Å². The quantitative estimate of drug-likeness (QED) is 0.400. The monoisotopic (exact) mass is 304 g/mol. The molecular formula is C19H12O2S. The number of fused-ring (bicyclic) bond motifs is 2. The molecule has 0 spiro atoms. The Labute approximate surface area is 132 Å². The van der Waals surface area contributed by atoms with Crippen molar-refractivity contribution in [3.05, 3.63) is 77.0 Å². The smallest absolute Gasteiger partial charge is 0.200 e. The summed E-state index contributed by atoms with van der Waals surface area (Å²) in [5, 5.41) is 1.21. The molecule has 3 aromatic carbocycles. The Kier molecular flexibility index (Phi) is 3.01. The van der Waals surface area contributed by atoms with Gasteiger partial charge in [-0.15, -0.1) is 12.6 Å². The molecular weight excluding hydrogens is 292 g/mol. The van der Waals surface area contributed by atoms with E-state index in [1.165, 1.54) is 0 Å². The van der Waals surface area contributed by atoms with Crippen LogP contribution >= 0.6 is 12.6 Å². The van der Waals surface area contributed by atoms with Crippen LogP contribution in [0.5, 0.6) is 0 Å². The summed E-state index contributed by atoms with van der Waals surface area (Å²) in [4.78, 5) is 13.6. The van der Waals surface area contributed by atoms with Gasteiger partial charge in [-0.05, 0) is 47.5 Å². The Morgan fingerprint density at radius 2 is 1.41 bits per heavy atom. The average molecular weight is 304 g/mol. The van der Waals surface area contributed by atoms with Gasteiger partial charge in [0.1, 0.15) is 11.2 Å². The second-order valence-electron chi connectivity index (χ2n) is 5.19. The van der Waals surface area contributed by atoms with Crippen molar-refractivity contribution in [2.45, 2.75) is 4.90 Å². The van der Waals surface area contributed by atoms with E-state index in [4.69, 9.17) is 4.42 Å². The molecule has 0 fully saturated rings. The second-order valence-corrected chi connectivity index (χ2v) is 5.70. The van der Waals surface area contributed by atoms with Crippen molar-refractivity contribution in [2.75, 3.05) is 0 Å². The van der Waals surface area contributed by atoms with Crippen molar-refractivity contribution in [2.24, 2.45) is 0 Å². The molecule has 2 nitrogen and oxygen atoms in total. The first-order valence-electron chi connectivity index (χ1n) is 6.97. The van der Waals surface area contributed by atoms with E-state index in [9.17, 15) is 4.79 Å². The Morgan fingerprint density at radius 1 is 0.727 bits per heavy atom. The molecule has 0 bridgehead atoms. The fourth-order valence-electron chi connectivity index (χ4n) is 2.64. The molecule has 0 radical (unpaired) electrons. The van der Waals surface area contributed by atoms with Gasteiger partial charge in [0, 0.05) is 4.90 Å². The molecule has 0 saturated heterocycles. The molecule has 1 heterocycles. The maximum Gasteiger partial charge on any atom is 0.200 e. The van der Waals surface area contributed by atoms with Gasteiger partial charge in [-0.3, -0.25) is 4.79 Å². The summed E-state index contributed by atoms with van der Waals surface area (Å²) in [6, 6.07) is 20.9. The lowest BCUT2D eigenvalue weighted by atomic mass is 10.0. The van der Waals surface area contributed by atoms with Gasteiger partial charge in [0.05, 0.1) is 10.8 Å². The first kappa shape index (κ1) is 13.2. The van der Waals surface area contributed by atoms with Gasteiger partial charge < -0.3 is 4.42 Å². The zero-order valence-electron chi connectivity index (χ0n) is 11.6. The Hall–Kier alpha value is -2.52. The molecule has 0 aliphatic carbocycles. The SMILES string of the molecule is O=c1c2ccccc2oc2ccc(-c3ccc(S)cc3)cc12. The van der Waals surface area contributed by atoms with E-state index in [0.717, 1.165) is 16.0 Å². The highest BCUT2D eigenvalue weighted by Crippen LogP contribution is 2.26. The Balaban J connectivity index is 2.01. The van der Waals surface area contributed by atoms with Gasteiger partial charge in [0.25, 0.3) is 0 Å². The molecule has 3 heteroatoms. The van der Waals surface area contributed by atoms with Gasteiger partial charge in [-0.1, -0.05) is 30.3 Å². The van der Waals surface area contributed by atoms with Gasteiger partial charge in [0.15, 0.2) is 0 Å². The summed E-state index contributed by atoms with van der Waals surface area (Å²) in [6.07, 6.45) is 0. The molecule has 0 saturated carbocycles. The molecule has 1 aromatic heterocycles. The minimum Gasteiger partial charge on any atom is -0.456 e. The molecule has 0 unspecified atom stereocenters. The Morgan fingerprint density at radius 3 is 2.23 bits per heavy atom. The predicted octanol–water partition coefficient (Wildman–Crippen LogP) is 4.90. The van der Waals surface area contributed by atoms with Crippen molar-refractivity contribution >= 4 is 34.6 Å². The van der Waals surface area contributed by atoms with Crippen molar-refractivity contribution in [1.29, 1.82) is 0 Å². The second kappa shape index (κ2) is 5.04. The normalized spacial score (nSPS) is 11.1. The zero-order valence-corrected chi connectivity index (χ0v) is 12.5. The van der Waals surface area contributed by atoms with Crippen LogP contribution in [-0.2, 0) is 0 Å². The molecule has 0 aliphatic heterocycles. The minimum atomic E-state index is 0.00418. The van der Waals surface area contributed by atoms with Gasteiger partial charge in [-0.2, -0.15) is 0 Å². The topological polar surface area (TPSA) is 30.2 Å². The first-order valence-corrected chi connectivity index (χ1v) is 7.42. The van der Waals surface area contributed by atoms with Gasteiger partial charge in [0.2, 0.25) is 5.43 Å². The van der Waals surface area contributed by atoms with Crippen molar-refractivity contribution in [1.82, 2.24) is 0 Å². The van der Waals surface area contributed by atoms with Gasteiger partial charge >= 0.3 is 0 Å². The van der Waals surface area contributed by atoms with Crippen LogP contribution in [0.2, 0.25) is 0 Å². The largest absolute Gasteiger partial charge is 0.456 e. The molecule has 0 atom stereocenters. The summed E-state index contributed by atoms with van der Waals surface area (Å²) in [5.74, 6) is 0. The van der Waals surface area contributed by atoms with Crippen molar-refractivity contribution < 1.29 is 4.42 Å². The van der Waals surface area contributed by atoms with Crippen LogP contribution in [0.3, 0.4) is 0 Å².